The minimum absolute atomic E-state index is 0.133. The first-order valence-electron chi connectivity index (χ1n) is 5.94. The van der Waals surface area contributed by atoms with Gasteiger partial charge in [-0.3, -0.25) is 0 Å². The summed E-state index contributed by atoms with van der Waals surface area (Å²) < 4.78 is 67.3. The van der Waals surface area contributed by atoms with Crippen molar-refractivity contribution in [2.45, 2.75) is 19.4 Å². The van der Waals surface area contributed by atoms with Crippen LogP contribution in [0.4, 0.5) is 13.2 Å². The average molecular weight is 334 g/mol. The SMILES string of the molecule is CC.[B]c1ccc2c(OS(=O)(=O)C(F)(F)F)cc(=O)oc2c1. The molecule has 0 atom stereocenters. The van der Waals surface area contributed by atoms with E-state index in [1.807, 2.05) is 13.8 Å². The van der Waals surface area contributed by atoms with E-state index in [2.05, 4.69) is 4.18 Å². The number of hydrogen-bond donors (Lipinski definition) is 0. The van der Waals surface area contributed by atoms with Gasteiger partial charge in [-0.15, -0.1) is 0 Å². The van der Waals surface area contributed by atoms with Crippen molar-refractivity contribution in [3.05, 3.63) is 34.7 Å². The Labute approximate surface area is 125 Å². The highest BCUT2D eigenvalue weighted by atomic mass is 32.2. The normalized spacial score (nSPS) is 11.7. The number of fused-ring (bicyclic) bond motifs is 1. The second-order valence-corrected chi connectivity index (χ2v) is 5.21. The number of benzene rings is 1. The van der Waals surface area contributed by atoms with Crippen LogP contribution >= 0.6 is 0 Å². The second-order valence-electron chi connectivity index (χ2n) is 3.67. The van der Waals surface area contributed by atoms with Crippen molar-refractivity contribution in [3.63, 3.8) is 0 Å². The fraction of sp³-hybridized carbons (Fsp3) is 0.250. The fourth-order valence-corrected chi connectivity index (χ4v) is 1.85. The zero-order valence-electron chi connectivity index (χ0n) is 11.5. The van der Waals surface area contributed by atoms with Crippen LogP contribution in [0, 0.1) is 0 Å². The Morgan fingerprint density at radius 1 is 1.18 bits per heavy atom. The molecule has 0 fully saturated rings. The molecule has 0 unspecified atom stereocenters. The van der Waals surface area contributed by atoms with Crippen molar-refractivity contribution in [3.8, 4) is 5.75 Å². The van der Waals surface area contributed by atoms with Crippen molar-refractivity contribution in [2.24, 2.45) is 0 Å². The van der Waals surface area contributed by atoms with E-state index >= 15 is 0 Å². The van der Waals surface area contributed by atoms with Crippen molar-refractivity contribution < 1.29 is 30.2 Å². The lowest BCUT2D eigenvalue weighted by molar-refractivity contribution is -0.0499. The molecular formula is C12H10BF3O5S. The molecule has 0 amide bonds. The van der Waals surface area contributed by atoms with E-state index in [1.165, 1.54) is 12.1 Å². The molecule has 22 heavy (non-hydrogen) atoms. The first-order valence-corrected chi connectivity index (χ1v) is 7.35. The van der Waals surface area contributed by atoms with Crippen LogP contribution in [0.5, 0.6) is 5.75 Å². The molecule has 118 valence electrons. The lowest BCUT2D eigenvalue weighted by Gasteiger charge is -2.10. The van der Waals surface area contributed by atoms with E-state index in [0.717, 1.165) is 6.07 Å². The predicted molar refractivity (Wildman–Crippen MR) is 74.8 cm³/mol. The van der Waals surface area contributed by atoms with Crippen molar-refractivity contribution in [1.82, 2.24) is 0 Å². The van der Waals surface area contributed by atoms with Gasteiger partial charge in [-0.2, -0.15) is 21.6 Å². The average Bonchev–Trinajstić information content (AvgIpc) is 2.38. The summed E-state index contributed by atoms with van der Waals surface area (Å²) in [7, 11) is -0.462. The van der Waals surface area contributed by atoms with E-state index in [0.29, 0.717) is 6.07 Å². The fourth-order valence-electron chi connectivity index (χ4n) is 1.38. The molecule has 0 bridgehead atoms. The molecular weight excluding hydrogens is 324 g/mol. The lowest BCUT2D eigenvalue weighted by Crippen LogP contribution is -2.28. The summed E-state index contributed by atoms with van der Waals surface area (Å²) in [6, 6.07) is 4.12. The minimum Gasteiger partial charge on any atom is -0.423 e. The Hall–Kier alpha value is -1.97. The molecule has 0 aliphatic carbocycles. The van der Waals surface area contributed by atoms with Crippen molar-refractivity contribution >= 4 is 34.4 Å². The molecule has 5 nitrogen and oxygen atoms in total. The molecule has 0 aliphatic rings. The van der Waals surface area contributed by atoms with Gasteiger partial charge in [0.25, 0.3) is 0 Å². The van der Waals surface area contributed by atoms with Gasteiger partial charge in [-0.1, -0.05) is 25.4 Å². The molecule has 0 saturated heterocycles. The van der Waals surface area contributed by atoms with Gasteiger partial charge in [0, 0.05) is 0 Å². The molecule has 10 heteroatoms. The Morgan fingerprint density at radius 3 is 2.32 bits per heavy atom. The van der Waals surface area contributed by atoms with Crippen LogP contribution in [-0.2, 0) is 10.1 Å². The van der Waals surface area contributed by atoms with Gasteiger partial charge >= 0.3 is 21.3 Å². The Bertz CT molecular complexity index is 827. The van der Waals surface area contributed by atoms with E-state index in [1.54, 1.807) is 0 Å². The monoisotopic (exact) mass is 334 g/mol. The van der Waals surface area contributed by atoms with Crippen LogP contribution in [-0.4, -0.2) is 21.8 Å². The summed E-state index contributed by atoms with van der Waals surface area (Å²) in [5.41, 5.74) is -6.69. The van der Waals surface area contributed by atoms with E-state index < -0.39 is 27.0 Å². The highest BCUT2D eigenvalue weighted by Crippen LogP contribution is 2.30. The molecule has 0 spiro atoms. The van der Waals surface area contributed by atoms with E-state index in [9.17, 15) is 26.4 Å². The molecule has 0 N–H and O–H groups in total. The predicted octanol–water partition coefficient (Wildman–Crippen LogP) is 1.84. The number of hydrogen-bond acceptors (Lipinski definition) is 5. The summed E-state index contributed by atoms with van der Waals surface area (Å²) in [6.07, 6.45) is 0. The summed E-state index contributed by atoms with van der Waals surface area (Å²) in [4.78, 5) is 11.2. The molecule has 1 aromatic carbocycles. The van der Waals surface area contributed by atoms with Crippen LogP contribution in [0.1, 0.15) is 13.8 Å². The van der Waals surface area contributed by atoms with Crippen LogP contribution in [0.3, 0.4) is 0 Å². The van der Waals surface area contributed by atoms with Gasteiger partial charge in [0.05, 0.1) is 11.5 Å². The first-order chi connectivity index (χ1) is 10.1. The number of rotatable bonds is 2. The molecule has 2 rings (SSSR count). The zero-order valence-corrected chi connectivity index (χ0v) is 12.3. The maximum absolute atomic E-state index is 12.2. The number of alkyl halides is 3. The van der Waals surface area contributed by atoms with Gasteiger partial charge in [0.15, 0.2) is 5.75 Å². The van der Waals surface area contributed by atoms with Gasteiger partial charge in [-0.05, 0) is 12.1 Å². The summed E-state index contributed by atoms with van der Waals surface area (Å²) >= 11 is 0. The molecule has 2 aromatic rings. The quantitative estimate of drug-likeness (QED) is 0.363. The molecule has 0 saturated carbocycles. The zero-order chi connectivity index (χ0) is 17.1. The third-order valence-electron chi connectivity index (χ3n) is 2.21. The van der Waals surface area contributed by atoms with E-state index in [4.69, 9.17) is 12.3 Å². The third-order valence-corrected chi connectivity index (χ3v) is 3.18. The largest absolute Gasteiger partial charge is 0.534 e. The summed E-state index contributed by atoms with van der Waals surface area (Å²) in [6.45, 7) is 4.00. The molecule has 1 heterocycles. The summed E-state index contributed by atoms with van der Waals surface area (Å²) in [5.74, 6) is -0.784. The highest BCUT2D eigenvalue weighted by Gasteiger charge is 2.48. The van der Waals surface area contributed by atoms with Crippen molar-refractivity contribution in [2.75, 3.05) is 0 Å². The van der Waals surface area contributed by atoms with Crippen LogP contribution in [0.2, 0.25) is 0 Å². The molecule has 1 aromatic heterocycles. The minimum atomic E-state index is -5.88. The first kappa shape index (κ1) is 18.1. The summed E-state index contributed by atoms with van der Waals surface area (Å²) in [5, 5.41) is -0.133. The Morgan fingerprint density at radius 2 is 1.77 bits per heavy atom. The van der Waals surface area contributed by atoms with Crippen LogP contribution < -0.4 is 15.3 Å². The molecule has 2 radical (unpaired) electrons. The van der Waals surface area contributed by atoms with Crippen LogP contribution in [0.15, 0.2) is 33.5 Å². The maximum atomic E-state index is 12.2. The smallest absolute Gasteiger partial charge is 0.423 e. The van der Waals surface area contributed by atoms with Gasteiger partial charge in [-0.25, -0.2) is 4.79 Å². The maximum Gasteiger partial charge on any atom is 0.534 e. The second kappa shape index (κ2) is 6.43. The standard InChI is InChI=1S/C10H4BF3O5S.C2H6/c11-5-1-2-6-7(3-5)18-9(15)4-8(6)19-20(16,17)10(12,13)14;1-2/h1-4H;1-2H3. The van der Waals surface area contributed by atoms with Crippen molar-refractivity contribution in [1.29, 1.82) is 0 Å². The Balaban J connectivity index is 0.00000116. The van der Waals surface area contributed by atoms with Gasteiger partial charge in [0.1, 0.15) is 13.4 Å². The number of halogens is 3. The van der Waals surface area contributed by atoms with Crippen LogP contribution in [0.25, 0.3) is 11.0 Å². The molecule has 0 aliphatic heterocycles. The lowest BCUT2D eigenvalue weighted by atomic mass is 9.95. The highest BCUT2D eigenvalue weighted by molar-refractivity contribution is 7.88. The Kier molecular flexibility index (Phi) is 5.28. The topological polar surface area (TPSA) is 73.6 Å². The van der Waals surface area contributed by atoms with E-state index in [-0.39, 0.29) is 16.4 Å². The van der Waals surface area contributed by atoms with Gasteiger partial charge < -0.3 is 8.60 Å². The third kappa shape index (κ3) is 3.82. The van der Waals surface area contributed by atoms with Gasteiger partial charge in [0.2, 0.25) is 0 Å².